The van der Waals surface area contributed by atoms with Crippen LogP contribution >= 0.6 is 0 Å². The minimum atomic E-state index is -0.531. The van der Waals surface area contributed by atoms with Gasteiger partial charge < -0.3 is 4.74 Å². The number of benzene rings is 3. The van der Waals surface area contributed by atoms with Crippen LogP contribution in [0.25, 0.3) is 16.9 Å². The van der Waals surface area contributed by atoms with E-state index in [0.717, 1.165) is 11.3 Å². The molecule has 0 aliphatic heterocycles. The van der Waals surface area contributed by atoms with Crippen molar-refractivity contribution in [1.82, 2.24) is 20.6 Å². The average molecular weight is 440 g/mol. The van der Waals surface area contributed by atoms with E-state index in [4.69, 9.17) is 0 Å². The number of nitrogens with zero attached hydrogens (tertiary/aromatic N) is 2. The minimum Gasteiger partial charge on any atom is -0.465 e. The molecule has 2 N–H and O–H groups in total. The molecule has 0 radical (unpaired) electrons. The number of aromatic nitrogens is 2. The molecular formula is C25H20N4O4. The number of hydrogen-bond donors (Lipinski definition) is 2. The molecule has 0 saturated carbocycles. The van der Waals surface area contributed by atoms with Crippen LogP contribution < -0.4 is 10.9 Å². The van der Waals surface area contributed by atoms with Crippen LogP contribution in [0.1, 0.15) is 31.1 Å². The summed E-state index contributed by atoms with van der Waals surface area (Å²) >= 11 is 0. The number of nitrogens with one attached hydrogen (secondary N) is 2. The largest absolute Gasteiger partial charge is 0.465 e. The van der Waals surface area contributed by atoms with Crippen molar-refractivity contribution in [3.63, 3.8) is 0 Å². The number of ether oxygens (including phenoxy) is 1. The van der Waals surface area contributed by atoms with E-state index >= 15 is 0 Å². The summed E-state index contributed by atoms with van der Waals surface area (Å²) in [6.45, 7) is 0. The summed E-state index contributed by atoms with van der Waals surface area (Å²) in [5.41, 5.74) is 7.76. The average Bonchev–Trinajstić information content (AvgIpc) is 3.33. The van der Waals surface area contributed by atoms with Gasteiger partial charge in [-0.25, -0.2) is 9.48 Å². The molecular weight excluding hydrogens is 420 g/mol. The lowest BCUT2D eigenvalue weighted by Gasteiger charge is -2.08. The molecule has 0 fully saturated rings. The van der Waals surface area contributed by atoms with Crippen LogP contribution in [-0.2, 0) is 4.74 Å². The van der Waals surface area contributed by atoms with Crippen LogP contribution in [0.2, 0.25) is 0 Å². The Hall–Kier alpha value is -4.72. The van der Waals surface area contributed by atoms with Crippen molar-refractivity contribution in [2.45, 2.75) is 0 Å². The van der Waals surface area contributed by atoms with Crippen LogP contribution in [0.15, 0.2) is 91.1 Å². The fourth-order valence-corrected chi connectivity index (χ4v) is 3.19. The maximum Gasteiger partial charge on any atom is 0.337 e. The normalized spacial score (nSPS) is 10.3. The van der Waals surface area contributed by atoms with Gasteiger partial charge in [0.15, 0.2) is 0 Å². The molecule has 0 saturated heterocycles. The highest BCUT2D eigenvalue weighted by Crippen LogP contribution is 2.23. The van der Waals surface area contributed by atoms with E-state index in [-0.39, 0.29) is 5.56 Å². The van der Waals surface area contributed by atoms with E-state index in [1.165, 1.54) is 31.4 Å². The summed E-state index contributed by atoms with van der Waals surface area (Å²) in [5.74, 6) is -1.55. The van der Waals surface area contributed by atoms with Crippen LogP contribution in [-0.4, -0.2) is 34.7 Å². The number of methoxy groups -OCH3 is 1. The van der Waals surface area contributed by atoms with Crippen LogP contribution in [0, 0.1) is 0 Å². The third kappa shape index (κ3) is 4.80. The van der Waals surface area contributed by atoms with Gasteiger partial charge in [-0.2, -0.15) is 5.10 Å². The third-order valence-corrected chi connectivity index (χ3v) is 4.88. The molecule has 0 unspecified atom stereocenters. The lowest BCUT2D eigenvalue weighted by molar-refractivity contribution is 0.0600. The van der Waals surface area contributed by atoms with E-state index in [1.54, 1.807) is 10.9 Å². The molecule has 33 heavy (non-hydrogen) atoms. The second-order valence-corrected chi connectivity index (χ2v) is 7.01. The quantitative estimate of drug-likeness (QED) is 0.366. The molecule has 3 aromatic carbocycles. The maximum absolute atomic E-state index is 13.0. The number of esters is 1. The smallest absolute Gasteiger partial charge is 0.337 e. The monoisotopic (exact) mass is 440 g/mol. The van der Waals surface area contributed by atoms with Crippen LogP contribution in [0.3, 0.4) is 0 Å². The van der Waals surface area contributed by atoms with Crippen molar-refractivity contribution in [3.05, 3.63) is 108 Å². The van der Waals surface area contributed by atoms with Crippen molar-refractivity contribution < 1.29 is 19.1 Å². The summed E-state index contributed by atoms with van der Waals surface area (Å²) in [7, 11) is 1.28. The molecule has 8 nitrogen and oxygen atoms in total. The fourth-order valence-electron chi connectivity index (χ4n) is 3.19. The summed E-state index contributed by atoms with van der Waals surface area (Å²) in [6, 6.07) is 24.6. The first-order valence-corrected chi connectivity index (χ1v) is 10.1. The van der Waals surface area contributed by atoms with Crippen molar-refractivity contribution in [1.29, 1.82) is 0 Å². The number of rotatable bonds is 5. The summed E-state index contributed by atoms with van der Waals surface area (Å²) in [4.78, 5) is 36.9. The van der Waals surface area contributed by atoms with Gasteiger partial charge in [-0.05, 0) is 36.4 Å². The molecule has 2 amide bonds. The van der Waals surface area contributed by atoms with E-state index in [0.29, 0.717) is 16.8 Å². The molecule has 0 bridgehead atoms. The van der Waals surface area contributed by atoms with Crippen molar-refractivity contribution in [3.8, 4) is 16.9 Å². The Morgan fingerprint density at radius 2 is 1.33 bits per heavy atom. The summed E-state index contributed by atoms with van der Waals surface area (Å²) < 4.78 is 6.26. The summed E-state index contributed by atoms with van der Waals surface area (Å²) in [6.07, 6.45) is 1.62. The van der Waals surface area contributed by atoms with Gasteiger partial charge in [0.05, 0.1) is 23.9 Å². The van der Waals surface area contributed by atoms with E-state index in [2.05, 4.69) is 20.7 Å². The molecule has 164 valence electrons. The topological polar surface area (TPSA) is 102 Å². The Labute approximate surface area is 189 Å². The van der Waals surface area contributed by atoms with E-state index in [1.807, 2.05) is 60.7 Å². The van der Waals surface area contributed by atoms with E-state index < -0.39 is 17.8 Å². The third-order valence-electron chi connectivity index (χ3n) is 4.88. The second-order valence-electron chi connectivity index (χ2n) is 7.01. The van der Waals surface area contributed by atoms with Gasteiger partial charge in [0, 0.05) is 17.3 Å². The Bertz CT molecular complexity index is 1280. The van der Waals surface area contributed by atoms with Crippen molar-refractivity contribution in [2.75, 3.05) is 7.11 Å². The Balaban J connectivity index is 1.54. The zero-order valence-electron chi connectivity index (χ0n) is 17.7. The molecule has 0 aliphatic rings. The van der Waals surface area contributed by atoms with Gasteiger partial charge in [0.25, 0.3) is 11.8 Å². The predicted molar refractivity (Wildman–Crippen MR) is 122 cm³/mol. The number of carbonyl (C=O) groups is 3. The fraction of sp³-hybridized carbons (Fsp3) is 0.0400. The molecule has 8 heteroatoms. The lowest BCUT2D eigenvalue weighted by Crippen LogP contribution is -2.41. The molecule has 1 aromatic heterocycles. The first-order chi connectivity index (χ1) is 16.1. The number of hydrogen-bond acceptors (Lipinski definition) is 5. The number of para-hydroxylation sites is 1. The predicted octanol–water partition coefficient (Wildman–Crippen LogP) is 3.40. The van der Waals surface area contributed by atoms with Gasteiger partial charge in [-0.3, -0.25) is 20.4 Å². The highest BCUT2D eigenvalue weighted by Gasteiger charge is 2.19. The molecule has 0 atom stereocenters. The number of carbonyl (C=O) groups excluding carboxylic acids is 3. The maximum atomic E-state index is 13.0. The first-order valence-electron chi connectivity index (χ1n) is 10.1. The van der Waals surface area contributed by atoms with Crippen LogP contribution in [0.5, 0.6) is 0 Å². The Morgan fingerprint density at radius 1 is 0.758 bits per heavy atom. The van der Waals surface area contributed by atoms with Gasteiger partial charge >= 0.3 is 5.97 Å². The van der Waals surface area contributed by atoms with Crippen molar-refractivity contribution in [2.24, 2.45) is 0 Å². The first kappa shape index (κ1) is 21.5. The zero-order valence-corrected chi connectivity index (χ0v) is 17.7. The van der Waals surface area contributed by atoms with E-state index in [9.17, 15) is 14.4 Å². The molecule has 0 spiro atoms. The lowest BCUT2D eigenvalue weighted by atomic mass is 10.1. The van der Waals surface area contributed by atoms with Crippen molar-refractivity contribution >= 4 is 17.8 Å². The molecule has 0 aliphatic carbocycles. The minimum absolute atomic E-state index is 0.270. The SMILES string of the molecule is COC(=O)c1ccc(C(=O)NNC(=O)c2cn(-c3ccccc3)nc2-c2ccccc2)cc1. The molecule has 1 heterocycles. The summed E-state index contributed by atoms with van der Waals surface area (Å²) in [5, 5.41) is 4.59. The van der Waals surface area contributed by atoms with Gasteiger partial charge in [0.2, 0.25) is 0 Å². The highest BCUT2D eigenvalue weighted by molar-refractivity contribution is 6.02. The second kappa shape index (κ2) is 9.61. The van der Waals surface area contributed by atoms with Gasteiger partial charge in [-0.15, -0.1) is 0 Å². The van der Waals surface area contributed by atoms with Gasteiger partial charge in [-0.1, -0.05) is 48.5 Å². The Morgan fingerprint density at radius 3 is 1.97 bits per heavy atom. The highest BCUT2D eigenvalue weighted by atomic mass is 16.5. The molecule has 4 rings (SSSR count). The standard InChI is InChI=1S/C25H20N4O4/c1-33-25(32)19-14-12-18(13-15-19)23(30)26-27-24(31)21-16-29(20-10-6-3-7-11-20)28-22(21)17-8-4-2-5-9-17/h2-16H,1H3,(H,26,30)(H,27,31). The van der Waals surface area contributed by atoms with Gasteiger partial charge in [0.1, 0.15) is 5.69 Å². The Kier molecular flexibility index (Phi) is 6.26. The zero-order chi connectivity index (χ0) is 23.2. The van der Waals surface area contributed by atoms with Crippen LogP contribution in [0.4, 0.5) is 0 Å². The molecule has 4 aromatic rings. The number of amides is 2. The number of hydrazine groups is 1.